The SMILES string of the molecule is C1=C(CCC2=Cc3ccccc3C[Se]2)[Se]Cc2ccccc21. The summed E-state index contributed by atoms with van der Waals surface area (Å²) in [6.45, 7) is 0. The van der Waals surface area contributed by atoms with Crippen LogP contribution in [0, 0.1) is 0 Å². The van der Waals surface area contributed by atoms with Crippen molar-refractivity contribution in [3.05, 3.63) is 79.7 Å². The van der Waals surface area contributed by atoms with Gasteiger partial charge in [0.25, 0.3) is 0 Å². The zero-order chi connectivity index (χ0) is 14.8. The molecule has 0 aromatic heterocycles. The van der Waals surface area contributed by atoms with Crippen LogP contribution in [0.15, 0.2) is 57.5 Å². The van der Waals surface area contributed by atoms with E-state index < -0.39 is 0 Å². The van der Waals surface area contributed by atoms with Crippen LogP contribution < -0.4 is 0 Å². The van der Waals surface area contributed by atoms with Crippen LogP contribution in [0.3, 0.4) is 0 Å². The van der Waals surface area contributed by atoms with Gasteiger partial charge in [-0.3, -0.25) is 0 Å². The number of allylic oxidation sites excluding steroid dienone is 2. The molecule has 0 N–H and O–H groups in total. The van der Waals surface area contributed by atoms with Gasteiger partial charge < -0.3 is 0 Å². The molecule has 2 heteroatoms. The average molecular weight is 416 g/mol. The van der Waals surface area contributed by atoms with Crippen LogP contribution in [0.2, 0.25) is 0 Å². The zero-order valence-corrected chi connectivity index (χ0v) is 15.8. The van der Waals surface area contributed by atoms with Gasteiger partial charge in [0.05, 0.1) is 0 Å². The monoisotopic (exact) mass is 418 g/mol. The van der Waals surface area contributed by atoms with Gasteiger partial charge in [-0.15, -0.1) is 0 Å². The first-order valence-electron chi connectivity index (χ1n) is 7.71. The van der Waals surface area contributed by atoms with Gasteiger partial charge in [0.15, 0.2) is 0 Å². The van der Waals surface area contributed by atoms with E-state index in [1.807, 2.05) is 0 Å². The summed E-state index contributed by atoms with van der Waals surface area (Å²) >= 11 is 1.32. The van der Waals surface area contributed by atoms with Crippen LogP contribution in [0.5, 0.6) is 0 Å². The summed E-state index contributed by atoms with van der Waals surface area (Å²) in [5.74, 6) is 0. The Balaban J connectivity index is 1.46. The fourth-order valence-electron chi connectivity index (χ4n) is 2.92. The molecule has 0 atom stereocenters. The minimum absolute atomic E-state index is 0.661. The van der Waals surface area contributed by atoms with E-state index in [9.17, 15) is 0 Å². The van der Waals surface area contributed by atoms with E-state index in [4.69, 9.17) is 0 Å². The van der Waals surface area contributed by atoms with E-state index in [1.165, 1.54) is 34.6 Å². The minimum atomic E-state index is 0.661. The van der Waals surface area contributed by atoms with Crippen LogP contribution in [-0.2, 0) is 10.6 Å². The van der Waals surface area contributed by atoms with Crippen LogP contribution in [0.4, 0.5) is 0 Å². The first-order chi connectivity index (χ1) is 10.9. The molecule has 2 aromatic rings. The third-order valence-corrected chi connectivity index (χ3v) is 9.00. The predicted molar refractivity (Wildman–Crippen MR) is 97.0 cm³/mol. The Morgan fingerprint density at radius 1 is 0.636 bits per heavy atom. The molecule has 0 saturated heterocycles. The third-order valence-electron chi connectivity index (χ3n) is 4.19. The van der Waals surface area contributed by atoms with Crippen LogP contribution in [0.1, 0.15) is 35.1 Å². The van der Waals surface area contributed by atoms with Gasteiger partial charge in [0.2, 0.25) is 0 Å². The molecule has 2 heterocycles. The maximum absolute atomic E-state index is 2.46. The second-order valence-corrected chi connectivity index (χ2v) is 10.3. The van der Waals surface area contributed by atoms with Gasteiger partial charge in [-0.25, -0.2) is 0 Å². The van der Waals surface area contributed by atoms with Crippen molar-refractivity contribution in [2.45, 2.75) is 23.5 Å². The number of hydrogen-bond donors (Lipinski definition) is 0. The molecule has 0 bridgehead atoms. The van der Waals surface area contributed by atoms with Crippen molar-refractivity contribution < 1.29 is 0 Å². The van der Waals surface area contributed by atoms with Crippen molar-refractivity contribution >= 4 is 42.1 Å². The summed E-state index contributed by atoms with van der Waals surface area (Å²) in [5.41, 5.74) is 6.00. The van der Waals surface area contributed by atoms with E-state index in [0.29, 0.717) is 29.9 Å². The van der Waals surface area contributed by atoms with E-state index >= 15 is 0 Å². The fourth-order valence-corrected chi connectivity index (χ4v) is 7.37. The Labute approximate surface area is 145 Å². The molecule has 0 amide bonds. The van der Waals surface area contributed by atoms with E-state index in [-0.39, 0.29) is 0 Å². The van der Waals surface area contributed by atoms with E-state index in [2.05, 4.69) is 60.7 Å². The van der Waals surface area contributed by atoms with Crippen molar-refractivity contribution in [1.82, 2.24) is 0 Å². The van der Waals surface area contributed by atoms with Crippen molar-refractivity contribution in [1.29, 1.82) is 0 Å². The summed E-state index contributed by atoms with van der Waals surface area (Å²) < 4.78 is 3.39. The quantitative estimate of drug-likeness (QED) is 0.656. The van der Waals surface area contributed by atoms with Gasteiger partial charge >= 0.3 is 145 Å². The molecule has 2 aromatic carbocycles. The fraction of sp³-hybridized carbons (Fsp3) is 0.200. The molecule has 0 spiro atoms. The summed E-state index contributed by atoms with van der Waals surface area (Å²) in [4.78, 5) is 0. The molecule has 0 saturated carbocycles. The first-order valence-corrected chi connectivity index (χ1v) is 11.8. The van der Waals surface area contributed by atoms with Crippen molar-refractivity contribution in [3.8, 4) is 0 Å². The van der Waals surface area contributed by atoms with Crippen LogP contribution >= 0.6 is 0 Å². The Kier molecular flexibility index (Phi) is 4.37. The first kappa shape index (κ1) is 14.5. The van der Waals surface area contributed by atoms with E-state index in [0.717, 1.165) is 0 Å². The van der Waals surface area contributed by atoms with Gasteiger partial charge in [0, 0.05) is 0 Å². The number of benzene rings is 2. The summed E-state index contributed by atoms with van der Waals surface area (Å²) in [6, 6.07) is 17.8. The Hall–Kier alpha value is -1.04. The molecule has 0 unspecified atom stereocenters. The molecule has 0 radical (unpaired) electrons. The molecule has 22 heavy (non-hydrogen) atoms. The topological polar surface area (TPSA) is 0 Å². The molecule has 2 aliphatic rings. The Bertz CT molecular complexity index is 690. The molecule has 0 nitrogen and oxygen atoms in total. The molecular formula is C20H18Se2. The Morgan fingerprint density at radius 2 is 1.09 bits per heavy atom. The Morgan fingerprint density at radius 3 is 1.59 bits per heavy atom. The van der Waals surface area contributed by atoms with Gasteiger partial charge in [-0.05, 0) is 0 Å². The molecular weight excluding hydrogens is 398 g/mol. The van der Waals surface area contributed by atoms with E-state index in [1.54, 1.807) is 20.1 Å². The molecule has 4 rings (SSSR count). The predicted octanol–water partition coefficient (Wildman–Crippen LogP) is 4.28. The molecule has 110 valence electrons. The van der Waals surface area contributed by atoms with Gasteiger partial charge in [-0.1, -0.05) is 0 Å². The normalized spacial score (nSPS) is 16.4. The number of rotatable bonds is 3. The second-order valence-electron chi connectivity index (χ2n) is 5.70. The maximum atomic E-state index is 2.46. The van der Waals surface area contributed by atoms with Crippen LogP contribution in [0.25, 0.3) is 12.2 Å². The molecule has 0 fully saturated rings. The second kappa shape index (κ2) is 6.60. The number of fused-ring (bicyclic) bond motifs is 2. The van der Waals surface area contributed by atoms with Crippen molar-refractivity contribution in [2.24, 2.45) is 0 Å². The van der Waals surface area contributed by atoms with Crippen molar-refractivity contribution in [3.63, 3.8) is 0 Å². The standard InChI is InChI=1S/C20H18Se2/c1-3-7-17-13-21-19(11-15(17)5-1)9-10-20-12-16-6-2-4-8-18(16)14-22-20/h1-8,11-12H,9-10,13-14H2. The summed E-state index contributed by atoms with van der Waals surface area (Å²) in [6.07, 6.45) is 7.46. The van der Waals surface area contributed by atoms with Gasteiger partial charge in [-0.2, -0.15) is 0 Å². The average Bonchev–Trinajstić information content (AvgIpc) is 2.59. The third kappa shape index (κ3) is 3.16. The molecule has 0 aliphatic carbocycles. The zero-order valence-electron chi connectivity index (χ0n) is 12.4. The number of hydrogen-bond acceptors (Lipinski definition) is 0. The summed E-state index contributed by atoms with van der Waals surface area (Å²) in [5, 5.41) is 2.56. The molecule has 2 aliphatic heterocycles. The summed E-state index contributed by atoms with van der Waals surface area (Å²) in [7, 11) is 0. The van der Waals surface area contributed by atoms with Crippen molar-refractivity contribution in [2.75, 3.05) is 0 Å². The van der Waals surface area contributed by atoms with Gasteiger partial charge in [0.1, 0.15) is 0 Å². The van der Waals surface area contributed by atoms with Crippen LogP contribution in [-0.4, -0.2) is 29.9 Å².